The molecule has 3 heteroatoms. The van der Waals surface area contributed by atoms with E-state index in [0.717, 1.165) is 39.3 Å². The highest BCUT2D eigenvalue weighted by molar-refractivity contribution is 6.13. The molecule has 0 spiro atoms. The van der Waals surface area contributed by atoms with Crippen molar-refractivity contribution < 1.29 is 9.47 Å². The second kappa shape index (κ2) is 10.3. The Bertz CT molecular complexity index is 2370. The first kappa shape index (κ1) is 25.4. The molecule has 0 unspecified atom stereocenters. The van der Waals surface area contributed by atoms with Gasteiger partial charge >= 0.3 is 0 Å². The number of hydrogen-bond donors (Lipinski definition) is 0. The zero-order valence-corrected chi connectivity index (χ0v) is 24.4. The van der Waals surface area contributed by atoms with E-state index in [2.05, 4.69) is 132 Å². The molecule has 0 saturated carbocycles. The first-order chi connectivity index (χ1) is 22.3. The average Bonchev–Trinajstić information content (AvgIpc) is 3.26. The van der Waals surface area contributed by atoms with Crippen LogP contribution < -0.4 is 14.4 Å². The number of benzene rings is 8. The van der Waals surface area contributed by atoms with Crippen LogP contribution in [0.2, 0.25) is 0 Å². The molecular weight excluding hydrogens is 550 g/mol. The first-order valence-electron chi connectivity index (χ1n) is 15.2. The Morgan fingerprint density at radius 3 is 1.73 bits per heavy atom. The molecule has 1 aliphatic rings. The molecule has 212 valence electrons. The summed E-state index contributed by atoms with van der Waals surface area (Å²) in [7, 11) is 0. The molecule has 0 radical (unpaired) electrons. The van der Waals surface area contributed by atoms with E-state index in [-0.39, 0.29) is 0 Å². The number of hydrogen-bond acceptors (Lipinski definition) is 3. The summed E-state index contributed by atoms with van der Waals surface area (Å²) in [5.74, 6) is 2.95. The molecule has 0 amide bonds. The van der Waals surface area contributed by atoms with Gasteiger partial charge in [-0.05, 0) is 92.7 Å². The molecular formula is C42H27NO2. The third-order valence-electron chi connectivity index (χ3n) is 8.67. The number of fused-ring (bicyclic) bond motifs is 4. The summed E-state index contributed by atoms with van der Waals surface area (Å²) in [4.78, 5) is 2.25. The zero-order valence-electron chi connectivity index (χ0n) is 24.4. The number of nitrogens with zero attached hydrogens (tertiary/aromatic N) is 1. The van der Waals surface area contributed by atoms with Crippen LogP contribution in [0.3, 0.4) is 0 Å². The lowest BCUT2D eigenvalue weighted by molar-refractivity contribution is 0.439. The van der Waals surface area contributed by atoms with Crippen molar-refractivity contribution in [2.45, 2.75) is 0 Å². The Kier molecular flexibility index (Phi) is 5.82. The minimum Gasteiger partial charge on any atom is -0.453 e. The second-order valence-electron chi connectivity index (χ2n) is 11.4. The predicted octanol–water partition coefficient (Wildman–Crippen LogP) is 12.2. The Morgan fingerprint density at radius 2 is 0.956 bits per heavy atom. The van der Waals surface area contributed by atoms with Crippen LogP contribution in [-0.4, -0.2) is 0 Å². The summed E-state index contributed by atoms with van der Waals surface area (Å²) in [6.07, 6.45) is 0. The van der Waals surface area contributed by atoms with Gasteiger partial charge in [-0.25, -0.2) is 0 Å². The van der Waals surface area contributed by atoms with Gasteiger partial charge in [0.2, 0.25) is 0 Å². The van der Waals surface area contributed by atoms with Crippen LogP contribution in [-0.2, 0) is 0 Å². The van der Waals surface area contributed by atoms with Gasteiger partial charge in [-0.3, -0.25) is 0 Å². The minimum atomic E-state index is 0.677. The van der Waals surface area contributed by atoms with Crippen molar-refractivity contribution in [2.75, 3.05) is 4.90 Å². The third-order valence-corrected chi connectivity index (χ3v) is 8.67. The molecule has 1 aliphatic heterocycles. The fourth-order valence-corrected chi connectivity index (χ4v) is 6.59. The average molecular weight is 578 g/mol. The minimum absolute atomic E-state index is 0.677. The van der Waals surface area contributed by atoms with Gasteiger partial charge in [0.05, 0.1) is 11.1 Å². The fraction of sp³-hybridized carbons (Fsp3) is 0. The second-order valence-corrected chi connectivity index (χ2v) is 11.4. The van der Waals surface area contributed by atoms with Gasteiger partial charge in [0.25, 0.3) is 0 Å². The normalized spacial score (nSPS) is 11.9. The third kappa shape index (κ3) is 4.29. The molecule has 45 heavy (non-hydrogen) atoms. The Balaban J connectivity index is 1.15. The van der Waals surface area contributed by atoms with Crippen LogP contribution >= 0.6 is 0 Å². The zero-order chi connectivity index (χ0) is 29.7. The van der Waals surface area contributed by atoms with E-state index in [9.17, 15) is 0 Å². The van der Waals surface area contributed by atoms with Crippen LogP contribution in [0, 0.1) is 0 Å². The lowest BCUT2D eigenvalue weighted by Crippen LogP contribution is -2.10. The fourth-order valence-electron chi connectivity index (χ4n) is 6.59. The van der Waals surface area contributed by atoms with E-state index in [1.54, 1.807) is 0 Å². The summed E-state index contributed by atoms with van der Waals surface area (Å²) in [6.45, 7) is 0. The van der Waals surface area contributed by atoms with E-state index < -0.39 is 0 Å². The van der Waals surface area contributed by atoms with Crippen molar-refractivity contribution in [1.29, 1.82) is 0 Å². The maximum absolute atomic E-state index is 6.54. The molecule has 0 aliphatic carbocycles. The van der Waals surface area contributed by atoms with Crippen LogP contribution in [0.15, 0.2) is 164 Å². The highest BCUT2D eigenvalue weighted by atomic mass is 16.5. The highest BCUT2D eigenvalue weighted by Crippen LogP contribution is 2.48. The van der Waals surface area contributed by atoms with Gasteiger partial charge < -0.3 is 14.4 Å². The lowest BCUT2D eigenvalue weighted by Gasteiger charge is -2.26. The van der Waals surface area contributed by atoms with Crippen LogP contribution in [0.1, 0.15) is 0 Å². The summed E-state index contributed by atoms with van der Waals surface area (Å²) in [5.41, 5.74) is 5.49. The Hall–Kier alpha value is -6.06. The van der Waals surface area contributed by atoms with Gasteiger partial charge in [-0.1, -0.05) is 103 Å². The van der Waals surface area contributed by atoms with Crippen molar-refractivity contribution >= 4 is 49.4 Å². The molecule has 1 heterocycles. The molecule has 3 nitrogen and oxygen atoms in total. The molecule has 0 atom stereocenters. The summed E-state index contributed by atoms with van der Waals surface area (Å²) in [5, 5.41) is 7.11. The van der Waals surface area contributed by atoms with Crippen LogP contribution in [0.5, 0.6) is 23.0 Å². The summed E-state index contributed by atoms with van der Waals surface area (Å²) in [6, 6.07) is 57.2. The van der Waals surface area contributed by atoms with Gasteiger partial charge in [-0.15, -0.1) is 0 Å². The smallest absolute Gasteiger partial charge is 0.172 e. The van der Waals surface area contributed by atoms with Crippen molar-refractivity contribution in [2.24, 2.45) is 0 Å². The molecule has 0 N–H and O–H groups in total. The van der Waals surface area contributed by atoms with E-state index in [4.69, 9.17) is 9.47 Å². The Labute approximate surface area is 261 Å². The van der Waals surface area contributed by atoms with Gasteiger partial charge in [0, 0.05) is 17.4 Å². The number of rotatable bonds is 4. The first-order valence-corrected chi connectivity index (χ1v) is 15.2. The van der Waals surface area contributed by atoms with Crippen LogP contribution in [0.25, 0.3) is 43.4 Å². The highest BCUT2D eigenvalue weighted by Gasteiger charge is 2.21. The van der Waals surface area contributed by atoms with E-state index in [0.29, 0.717) is 11.5 Å². The molecule has 9 rings (SSSR count). The number of anilines is 3. The molecule has 8 aromatic rings. The van der Waals surface area contributed by atoms with Crippen molar-refractivity contribution in [3.8, 4) is 34.1 Å². The maximum atomic E-state index is 6.54. The standard InChI is InChI=1S/C42H27NO2/c1-2-13-31(14-3-1)43(33-24-25-38-41(27-33)45-40-19-9-12-29-11-8-18-39(44-38)42(29)40)32-22-20-28(21-23-32)37-26-30-10-4-5-15-34(30)35-16-6-7-17-36(35)37/h1-27H. The van der Waals surface area contributed by atoms with Crippen molar-refractivity contribution in [3.05, 3.63) is 164 Å². The van der Waals surface area contributed by atoms with Gasteiger partial charge in [0.1, 0.15) is 11.5 Å². The van der Waals surface area contributed by atoms with Crippen molar-refractivity contribution in [3.63, 3.8) is 0 Å². The van der Waals surface area contributed by atoms with Gasteiger partial charge in [-0.2, -0.15) is 0 Å². The molecule has 0 fully saturated rings. The number of ether oxygens (including phenoxy) is 2. The molecule has 0 aromatic heterocycles. The van der Waals surface area contributed by atoms with E-state index in [1.807, 2.05) is 36.4 Å². The number of para-hydroxylation sites is 1. The quantitative estimate of drug-likeness (QED) is 0.194. The van der Waals surface area contributed by atoms with Crippen molar-refractivity contribution in [1.82, 2.24) is 0 Å². The molecule has 0 saturated heterocycles. The summed E-state index contributed by atoms with van der Waals surface area (Å²) < 4.78 is 12.9. The lowest BCUT2D eigenvalue weighted by atomic mass is 9.93. The SMILES string of the molecule is c1ccc(N(c2ccc(-c3cc4ccccc4c4ccccc34)cc2)c2ccc3c(c2)Oc2cccc4cccc(c24)O3)cc1. The topological polar surface area (TPSA) is 21.7 Å². The van der Waals surface area contributed by atoms with Crippen LogP contribution in [0.4, 0.5) is 17.1 Å². The van der Waals surface area contributed by atoms with E-state index in [1.165, 1.54) is 32.7 Å². The molecule has 8 aromatic carbocycles. The largest absolute Gasteiger partial charge is 0.453 e. The Morgan fingerprint density at radius 1 is 0.356 bits per heavy atom. The maximum Gasteiger partial charge on any atom is 0.172 e. The van der Waals surface area contributed by atoms with Gasteiger partial charge in [0.15, 0.2) is 11.5 Å². The monoisotopic (exact) mass is 577 g/mol. The predicted molar refractivity (Wildman–Crippen MR) is 186 cm³/mol. The molecule has 0 bridgehead atoms. The summed E-state index contributed by atoms with van der Waals surface area (Å²) >= 11 is 0. The van der Waals surface area contributed by atoms with E-state index >= 15 is 0 Å².